The van der Waals surface area contributed by atoms with Crippen LogP contribution in [0.25, 0.3) is 0 Å². The van der Waals surface area contributed by atoms with E-state index in [1.807, 2.05) is 11.8 Å². The van der Waals surface area contributed by atoms with Crippen LogP contribution in [0.2, 0.25) is 0 Å². The van der Waals surface area contributed by atoms with E-state index in [0.717, 1.165) is 18.8 Å². The lowest BCUT2D eigenvalue weighted by Gasteiger charge is -2.34. The van der Waals surface area contributed by atoms with Gasteiger partial charge in [-0.2, -0.15) is 0 Å². The molecule has 100 valence electrons. The van der Waals surface area contributed by atoms with Crippen LogP contribution in [0.1, 0.15) is 31.9 Å². The van der Waals surface area contributed by atoms with Crippen LogP contribution in [0.3, 0.4) is 0 Å². The van der Waals surface area contributed by atoms with E-state index in [-0.39, 0.29) is 0 Å². The number of hydrogen-bond acceptors (Lipinski definition) is 3. The fourth-order valence-electron chi connectivity index (χ4n) is 2.65. The van der Waals surface area contributed by atoms with Crippen LogP contribution in [-0.2, 0) is 0 Å². The molecule has 2 rings (SSSR count). The van der Waals surface area contributed by atoms with Gasteiger partial charge in [0.25, 0.3) is 0 Å². The van der Waals surface area contributed by atoms with Gasteiger partial charge in [-0.25, -0.2) is 0 Å². The minimum atomic E-state index is 0.591. The Morgan fingerprint density at radius 1 is 1.17 bits per heavy atom. The van der Waals surface area contributed by atoms with Crippen LogP contribution in [0.15, 0.2) is 29.2 Å². The molecule has 2 nitrogen and oxygen atoms in total. The molecule has 1 aromatic rings. The SMILES string of the molecule is CCSc1ccc(C(CC)N2CCNCC2)cc1. The van der Waals surface area contributed by atoms with Gasteiger partial charge in [-0.1, -0.05) is 26.0 Å². The zero-order valence-corrected chi connectivity index (χ0v) is 12.3. The van der Waals surface area contributed by atoms with Crippen molar-refractivity contribution >= 4 is 11.8 Å². The van der Waals surface area contributed by atoms with E-state index < -0.39 is 0 Å². The van der Waals surface area contributed by atoms with Crippen LogP contribution in [-0.4, -0.2) is 36.8 Å². The number of hydrogen-bond donors (Lipinski definition) is 1. The summed E-state index contributed by atoms with van der Waals surface area (Å²) in [5, 5.41) is 3.43. The van der Waals surface area contributed by atoms with Crippen LogP contribution in [0.4, 0.5) is 0 Å². The number of piperazine rings is 1. The van der Waals surface area contributed by atoms with Crippen molar-refractivity contribution < 1.29 is 0 Å². The Labute approximate surface area is 115 Å². The minimum absolute atomic E-state index is 0.591. The molecule has 0 bridgehead atoms. The topological polar surface area (TPSA) is 15.3 Å². The number of thioether (sulfide) groups is 1. The largest absolute Gasteiger partial charge is 0.314 e. The van der Waals surface area contributed by atoms with Crippen molar-refractivity contribution in [1.82, 2.24) is 10.2 Å². The quantitative estimate of drug-likeness (QED) is 0.823. The molecule has 0 saturated carbocycles. The summed E-state index contributed by atoms with van der Waals surface area (Å²) < 4.78 is 0. The molecule has 1 N–H and O–H groups in total. The lowest BCUT2D eigenvalue weighted by molar-refractivity contribution is 0.169. The summed E-state index contributed by atoms with van der Waals surface area (Å²) in [5.41, 5.74) is 1.47. The summed E-state index contributed by atoms with van der Waals surface area (Å²) in [4.78, 5) is 4.00. The zero-order chi connectivity index (χ0) is 12.8. The molecular formula is C15H24N2S. The van der Waals surface area contributed by atoms with E-state index in [0.29, 0.717) is 6.04 Å². The number of benzene rings is 1. The predicted molar refractivity (Wildman–Crippen MR) is 80.3 cm³/mol. The second-order valence-corrected chi connectivity index (χ2v) is 6.05. The van der Waals surface area contributed by atoms with E-state index in [2.05, 4.69) is 48.3 Å². The molecule has 0 amide bonds. The van der Waals surface area contributed by atoms with Crippen LogP contribution >= 0.6 is 11.8 Å². The normalized spacial score (nSPS) is 18.8. The summed E-state index contributed by atoms with van der Waals surface area (Å²) in [6.45, 7) is 9.09. The zero-order valence-electron chi connectivity index (χ0n) is 11.5. The van der Waals surface area contributed by atoms with Crippen molar-refractivity contribution in [3.8, 4) is 0 Å². The fourth-order valence-corrected chi connectivity index (χ4v) is 3.31. The monoisotopic (exact) mass is 264 g/mol. The molecule has 0 aliphatic carbocycles. The Morgan fingerprint density at radius 3 is 2.39 bits per heavy atom. The van der Waals surface area contributed by atoms with Gasteiger partial charge in [0.2, 0.25) is 0 Å². The first kappa shape index (κ1) is 13.9. The molecule has 1 aliphatic rings. The maximum Gasteiger partial charge on any atom is 0.0346 e. The number of rotatable bonds is 5. The van der Waals surface area contributed by atoms with Crippen molar-refractivity contribution in [2.24, 2.45) is 0 Å². The summed E-state index contributed by atoms with van der Waals surface area (Å²) in [6.07, 6.45) is 1.19. The van der Waals surface area contributed by atoms with Gasteiger partial charge < -0.3 is 5.32 Å². The molecule has 1 saturated heterocycles. The molecule has 1 fully saturated rings. The van der Waals surface area contributed by atoms with E-state index in [1.165, 1.54) is 30.0 Å². The van der Waals surface area contributed by atoms with Gasteiger partial charge in [-0.15, -0.1) is 11.8 Å². The van der Waals surface area contributed by atoms with Gasteiger partial charge >= 0.3 is 0 Å². The first-order chi connectivity index (χ1) is 8.85. The highest BCUT2D eigenvalue weighted by atomic mass is 32.2. The van der Waals surface area contributed by atoms with E-state index >= 15 is 0 Å². The van der Waals surface area contributed by atoms with Crippen molar-refractivity contribution in [1.29, 1.82) is 0 Å². The van der Waals surface area contributed by atoms with Gasteiger partial charge in [0.1, 0.15) is 0 Å². The molecule has 1 aromatic carbocycles. The number of nitrogens with zero attached hydrogens (tertiary/aromatic N) is 1. The predicted octanol–water partition coefficient (Wildman–Crippen LogP) is 3.15. The Hall–Kier alpha value is -0.510. The fraction of sp³-hybridized carbons (Fsp3) is 0.600. The molecule has 0 spiro atoms. The van der Waals surface area contributed by atoms with Gasteiger partial charge in [-0.05, 0) is 29.9 Å². The smallest absolute Gasteiger partial charge is 0.0346 e. The van der Waals surface area contributed by atoms with E-state index in [4.69, 9.17) is 0 Å². The molecule has 0 radical (unpaired) electrons. The average Bonchev–Trinajstić information content (AvgIpc) is 2.43. The molecule has 1 unspecified atom stereocenters. The Balaban J connectivity index is 2.06. The molecule has 1 heterocycles. The summed E-state index contributed by atoms with van der Waals surface area (Å²) >= 11 is 1.92. The lowest BCUT2D eigenvalue weighted by atomic mass is 10.0. The first-order valence-electron chi connectivity index (χ1n) is 7.02. The van der Waals surface area contributed by atoms with Gasteiger partial charge in [0, 0.05) is 37.1 Å². The third kappa shape index (κ3) is 3.50. The minimum Gasteiger partial charge on any atom is -0.314 e. The Bertz CT molecular complexity index is 344. The lowest BCUT2D eigenvalue weighted by Crippen LogP contribution is -2.45. The maximum atomic E-state index is 3.43. The molecule has 3 heteroatoms. The van der Waals surface area contributed by atoms with Crippen molar-refractivity contribution in [2.75, 3.05) is 31.9 Å². The van der Waals surface area contributed by atoms with Crippen molar-refractivity contribution in [2.45, 2.75) is 31.2 Å². The molecule has 1 aliphatic heterocycles. The van der Waals surface area contributed by atoms with Gasteiger partial charge in [0.05, 0.1) is 0 Å². The van der Waals surface area contributed by atoms with Crippen LogP contribution in [0, 0.1) is 0 Å². The summed E-state index contributed by atoms with van der Waals surface area (Å²) in [5.74, 6) is 1.15. The van der Waals surface area contributed by atoms with Gasteiger partial charge in [-0.3, -0.25) is 4.90 Å². The van der Waals surface area contributed by atoms with Crippen molar-refractivity contribution in [3.05, 3.63) is 29.8 Å². The van der Waals surface area contributed by atoms with Crippen molar-refractivity contribution in [3.63, 3.8) is 0 Å². The Morgan fingerprint density at radius 2 is 1.83 bits per heavy atom. The summed E-state index contributed by atoms with van der Waals surface area (Å²) in [7, 11) is 0. The van der Waals surface area contributed by atoms with Crippen LogP contribution in [0.5, 0.6) is 0 Å². The molecule has 1 atom stereocenters. The highest BCUT2D eigenvalue weighted by Gasteiger charge is 2.20. The maximum absolute atomic E-state index is 3.43. The average molecular weight is 264 g/mol. The molecular weight excluding hydrogens is 240 g/mol. The van der Waals surface area contributed by atoms with Crippen LogP contribution < -0.4 is 5.32 Å². The third-order valence-electron chi connectivity index (χ3n) is 3.55. The van der Waals surface area contributed by atoms with E-state index in [9.17, 15) is 0 Å². The first-order valence-corrected chi connectivity index (χ1v) is 8.01. The second kappa shape index (κ2) is 7.17. The standard InChI is InChI=1S/C15H24N2S/c1-3-15(17-11-9-16-10-12-17)13-5-7-14(8-6-13)18-4-2/h5-8,15-16H,3-4,9-12H2,1-2H3. The summed E-state index contributed by atoms with van der Waals surface area (Å²) in [6, 6.07) is 9.76. The van der Waals surface area contributed by atoms with E-state index in [1.54, 1.807) is 0 Å². The molecule has 0 aromatic heterocycles. The highest BCUT2D eigenvalue weighted by Crippen LogP contribution is 2.26. The second-order valence-electron chi connectivity index (χ2n) is 4.71. The Kier molecular flexibility index (Phi) is 5.54. The highest BCUT2D eigenvalue weighted by molar-refractivity contribution is 7.99. The third-order valence-corrected chi connectivity index (χ3v) is 4.45. The van der Waals surface area contributed by atoms with Gasteiger partial charge in [0.15, 0.2) is 0 Å². The number of nitrogens with one attached hydrogen (secondary N) is 1. The molecule has 18 heavy (non-hydrogen) atoms.